The SMILES string of the molecule is C[C@@]1(CO)CCCC(F)(F)CO1. The molecule has 0 bridgehead atoms. The van der Waals surface area contributed by atoms with Crippen molar-refractivity contribution < 1.29 is 18.6 Å². The van der Waals surface area contributed by atoms with E-state index in [9.17, 15) is 8.78 Å². The molecule has 1 aliphatic heterocycles. The fourth-order valence-corrected chi connectivity index (χ4v) is 1.27. The van der Waals surface area contributed by atoms with E-state index in [4.69, 9.17) is 9.84 Å². The van der Waals surface area contributed by atoms with Gasteiger partial charge in [0.15, 0.2) is 0 Å². The molecule has 1 N–H and O–H groups in total. The lowest BCUT2D eigenvalue weighted by molar-refractivity contribution is -0.131. The van der Waals surface area contributed by atoms with Gasteiger partial charge in [0.1, 0.15) is 6.61 Å². The first-order valence-electron chi connectivity index (χ1n) is 4.10. The Labute approximate surface area is 70.5 Å². The standard InChI is InChI=1S/C8H14F2O2/c1-7(5-11)3-2-4-8(9,10)6-12-7/h11H,2-6H2,1H3/t7-/m0/s1. The minimum absolute atomic E-state index is 0.136. The number of aliphatic hydroxyl groups excluding tert-OH is 1. The fraction of sp³-hybridized carbons (Fsp3) is 1.00. The average Bonchev–Trinajstić information content (AvgIpc) is 2.13. The Morgan fingerprint density at radius 2 is 2.08 bits per heavy atom. The number of alkyl halides is 2. The lowest BCUT2D eigenvalue weighted by atomic mass is 10.0. The Morgan fingerprint density at radius 3 is 2.67 bits per heavy atom. The number of rotatable bonds is 1. The van der Waals surface area contributed by atoms with Gasteiger partial charge in [-0.2, -0.15) is 0 Å². The molecule has 0 amide bonds. The summed E-state index contributed by atoms with van der Waals surface area (Å²) in [5.41, 5.74) is -0.764. The Bertz CT molecular complexity index is 161. The highest BCUT2D eigenvalue weighted by atomic mass is 19.3. The summed E-state index contributed by atoms with van der Waals surface area (Å²) in [4.78, 5) is 0. The lowest BCUT2D eigenvalue weighted by Crippen LogP contribution is -2.34. The monoisotopic (exact) mass is 180 g/mol. The number of aliphatic hydroxyl groups is 1. The van der Waals surface area contributed by atoms with Crippen molar-refractivity contribution in [2.75, 3.05) is 13.2 Å². The van der Waals surface area contributed by atoms with Crippen molar-refractivity contribution in [1.82, 2.24) is 0 Å². The highest BCUT2D eigenvalue weighted by Crippen LogP contribution is 2.31. The molecule has 72 valence electrons. The maximum absolute atomic E-state index is 12.7. The predicted molar refractivity (Wildman–Crippen MR) is 40.2 cm³/mol. The van der Waals surface area contributed by atoms with Crippen LogP contribution in [0.3, 0.4) is 0 Å². The van der Waals surface area contributed by atoms with Gasteiger partial charge in [-0.15, -0.1) is 0 Å². The molecule has 0 spiro atoms. The van der Waals surface area contributed by atoms with Crippen molar-refractivity contribution in [2.24, 2.45) is 0 Å². The minimum Gasteiger partial charge on any atom is -0.393 e. The summed E-state index contributed by atoms with van der Waals surface area (Å²) in [5, 5.41) is 8.88. The van der Waals surface area contributed by atoms with Crippen LogP contribution in [0.4, 0.5) is 8.78 Å². The number of hydrogen-bond acceptors (Lipinski definition) is 2. The quantitative estimate of drug-likeness (QED) is 0.663. The van der Waals surface area contributed by atoms with Gasteiger partial charge in [0.2, 0.25) is 0 Å². The molecule has 1 heterocycles. The van der Waals surface area contributed by atoms with Gasteiger partial charge >= 0.3 is 0 Å². The van der Waals surface area contributed by atoms with Gasteiger partial charge in [-0.1, -0.05) is 0 Å². The van der Waals surface area contributed by atoms with Gasteiger partial charge in [0.25, 0.3) is 5.92 Å². The van der Waals surface area contributed by atoms with Crippen LogP contribution in [-0.4, -0.2) is 29.8 Å². The summed E-state index contributed by atoms with van der Waals surface area (Å²) in [5.74, 6) is -2.72. The summed E-state index contributed by atoms with van der Waals surface area (Å²) in [6.07, 6.45) is 0.770. The summed E-state index contributed by atoms with van der Waals surface area (Å²) in [7, 11) is 0. The third kappa shape index (κ3) is 2.38. The van der Waals surface area contributed by atoms with Gasteiger partial charge in [-0.05, 0) is 19.8 Å². The van der Waals surface area contributed by atoms with E-state index in [-0.39, 0.29) is 13.0 Å². The van der Waals surface area contributed by atoms with Crippen LogP contribution in [0.25, 0.3) is 0 Å². The molecular weight excluding hydrogens is 166 g/mol. The summed E-state index contributed by atoms with van der Waals surface area (Å²) >= 11 is 0. The van der Waals surface area contributed by atoms with Gasteiger partial charge < -0.3 is 9.84 Å². The number of ether oxygens (including phenoxy) is 1. The van der Waals surface area contributed by atoms with E-state index in [1.165, 1.54) is 0 Å². The predicted octanol–water partition coefficient (Wildman–Crippen LogP) is 1.57. The zero-order valence-corrected chi connectivity index (χ0v) is 7.15. The smallest absolute Gasteiger partial charge is 0.271 e. The van der Waals surface area contributed by atoms with Crippen LogP contribution >= 0.6 is 0 Å². The van der Waals surface area contributed by atoms with Crippen LogP contribution in [0.2, 0.25) is 0 Å². The van der Waals surface area contributed by atoms with Crippen LogP contribution < -0.4 is 0 Å². The first-order valence-corrected chi connectivity index (χ1v) is 4.10. The van der Waals surface area contributed by atoms with E-state index < -0.39 is 18.1 Å². The summed E-state index contributed by atoms with van der Waals surface area (Å²) < 4.78 is 30.4. The largest absolute Gasteiger partial charge is 0.393 e. The second-order valence-electron chi connectivity index (χ2n) is 3.61. The van der Waals surface area contributed by atoms with Crippen molar-refractivity contribution in [1.29, 1.82) is 0 Å². The summed E-state index contributed by atoms with van der Waals surface area (Å²) in [6.45, 7) is 0.904. The maximum atomic E-state index is 12.7. The lowest BCUT2D eigenvalue weighted by Gasteiger charge is -2.25. The molecule has 0 aliphatic carbocycles. The Kier molecular flexibility index (Phi) is 2.68. The second-order valence-corrected chi connectivity index (χ2v) is 3.61. The topological polar surface area (TPSA) is 29.5 Å². The normalized spacial score (nSPS) is 36.0. The van der Waals surface area contributed by atoms with E-state index in [1.54, 1.807) is 6.92 Å². The van der Waals surface area contributed by atoms with E-state index >= 15 is 0 Å². The van der Waals surface area contributed by atoms with Gasteiger partial charge in [-0.25, -0.2) is 8.78 Å². The van der Waals surface area contributed by atoms with Gasteiger partial charge in [0, 0.05) is 6.42 Å². The van der Waals surface area contributed by atoms with E-state index in [0.717, 1.165) is 0 Å². The molecular formula is C8H14F2O2. The molecule has 1 rings (SSSR count). The molecule has 0 saturated carbocycles. The molecule has 0 unspecified atom stereocenters. The van der Waals surface area contributed by atoms with E-state index in [0.29, 0.717) is 12.8 Å². The third-order valence-corrected chi connectivity index (χ3v) is 2.21. The molecule has 1 fully saturated rings. The zero-order chi connectivity index (χ0) is 9.24. The highest BCUT2D eigenvalue weighted by molar-refractivity contribution is 4.81. The van der Waals surface area contributed by atoms with Crippen LogP contribution in [-0.2, 0) is 4.74 Å². The molecule has 12 heavy (non-hydrogen) atoms. The Balaban J connectivity index is 2.56. The van der Waals surface area contributed by atoms with Crippen molar-refractivity contribution in [2.45, 2.75) is 37.7 Å². The third-order valence-electron chi connectivity index (χ3n) is 2.21. The average molecular weight is 180 g/mol. The van der Waals surface area contributed by atoms with Crippen molar-refractivity contribution in [3.63, 3.8) is 0 Å². The molecule has 1 saturated heterocycles. The molecule has 0 aromatic rings. The molecule has 0 aromatic carbocycles. The van der Waals surface area contributed by atoms with Crippen LogP contribution in [0, 0.1) is 0 Å². The molecule has 4 heteroatoms. The Hall–Kier alpha value is -0.220. The van der Waals surface area contributed by atoms with Gasteiger partial charge in [-0.3, -0.25) is 0 Å². The van der Waals surface area contributed by atoms with Crippen molar-refractivity contribution in [3.8, 4) is 0 Å². The first-order chi connectivity index (χ1) is 5.47. The fourth-order valence-electron chi connectivity index (χ4n) is 1.27. The number of halogens is 2. The summed E-state index contributed by atoms with van der Waals surface area (Å²) in [6, 6.07) is 0. The second kappa shape index (κ2) is 3.26. The molecule has 0 radical (unpaired) electrons. The van der Waals surface area contributed by atoms with Gasteiger partial charge in [0.05, 0.1) is 12.2 Å². The highest BCUT2D eigenvalue weighted by Gasteiger charge is 2.37. The van der Waals surface area contributed by atoms with Crippen LogP contribution in [0.15, 0.2) is 0 Å². The van der Waals surface area contributed by atoms with E-state index in [1.807, 2.05) is 0 Å². The molecule has 0 aromatic heterocycles. The molecule has 2 nitrogen and oxygen atoms in total. The van der Waals surface area contributed by atoms with Crippen LogP contribution in [0.1, 0.15) is 26.2 Å². The minimum atomic E-state index is -2.72. The van der Waals surface area contributed by atoms with Crippen molar-refractivity contribution in [3.05, 3.63) is 0 Å². The van der Waals surface area contributed by atoms with Crippen molar-refractivity contribution >= 4 is 0 Å². The first kappa shape index (κ1) is 9.86. The zero-order valence-electron chi connectivity index (χ0n) is 7.15. The molecule has 1 atom stereocenters. The Morgan fingerprint density at radius 1 is 1.42 bits per heavy atom. The molecule has 1 aliphatic rings. The van der Waals surface area contributed by atoms with Crippen LogP contribution in [0.5, 0.6) is 0 Å². The van der Waals surface area contributed by atoms with E-state index in [2.05, 4.69) is 0 Å². The number of hydrogen-bond donors (Lipinski definition) is 1. The maximum Gasteiger partial charge on any atom is 0.271 e.